The quantitative estimate of drug-likeness (QED) is 0.797. The van der Waals surface area contributed by atoms with Gasteiger partial charge in [-0.05, 0) is 31.0 Å². The molecule has 25 heavy (non-hydrogen) atoms. The Labute approximate surface area is 150 Å². The van der Waals surface area contributed by atoms with Crippen molar-refractivity contribution in [3.63, 3.8) is 0 Å². The molecular weight excluding hydrogens is 338 g/mol. The third kappa shape index (κ3) is 4.39. The fraction of sp³-hybridized carbons (Fsp3) is 0.556. The zero-order valence-corrected chi connectivity index (χ0v) is 16.2. The third-order valence-corrected chi connectivity index (χ3v) is 5.40. The minimum Gasteiger partial charge on any atom is -0.328 e. The molecule has 1 aliphatic heterocycles. The minimum atomic E-state index is -3.75. The molecule has 2 rings (SSSR count). The lowest BCUT2D eigenvalue weighted by Gasteiger charge is -2.31. The lowest BCUT2D eigenvalue weighted by atomic mass is 10.1. The van der Waals surface area contributed by atoms with Crippen LogP contribution < -0.4 is 10.2 Å². The number of amidine groups is 1. The van der Waals surface area contributed by atoms with E-state index in [0.29, 0.717) is 23.6 Å². The van der Waals surface area contributed by atoms with Gasteiger partial charge in [0.05, 0.1) is 5.69 Å². The van der Waals surface area contributed by atoms with Crippen LogP contribution in [0.3, 0.4) is 0 Å². The highest BCUT2D eigenvalue weighted by Crippen LogP contribution is 2.35. The SMILES string of the molecule is CCCCN1C(CCC)=NS(=O)(=O)c2cc(NC(=O)C(C)C)ccc21. The summed E-state index contributed by atoms with van der Waals surface area (Å²) in [7, 11) is -3.75. The van der Waals surface area contributed by atoms with Crippen LogP contribution in [0.5, 0.6) is 0 Å². The monoisotopic (exact) mass is 365 g/mol. The van der Waals surface area contributed by atoms with Crippen molar-refractivity contribution >= 4 is 33.1 Å². The third-order valence-electron chi connectivity index (χ3n) is 4.07. The Kier molecular flexibility index (Phi) is 6.21. The lowest BCUT2D eigenvalue weighted by molar-refractivity contribution is -0.118. The van der Waals surface area contributed by atoms with Gasteiger partial charge in [0, 0.05) is 24.6 Å². The number of sulfonamides is 1. The summed E-state index contributed by atoms with van der Waals surface area (Å²) in [6, 6.07) is 5.03. The molecule has 1 aromatic rings. The number of fused-ring (bicyclic) bond motifs is 1. The Hall–Kier alpha value is -1.89. The molecule has 0 aromatic heterocycles. The number of amides is 1. The summed E-state index contributed by atoms with van der Waals surface area (Å²) in [6.07, 6.45) is 3.41. The van der Waals surface area contributed by atoms with E-state index in [-0.39, 0.29) is 16.7 Å². The van der Waals surface area contributed by atoms with Gasteiger partial charge < -0.3 is 10.2 Å². The molecule has 1 heterocycles. The molecule has 0 fully saturated rings. The zero-order chi connectivity index (χ0) is 18.6. The number of hydrogen-bond acceptors (Lipinski definition) is 4. The van der Waals surface area contributed by atoms with Crippen LogP contribution in [0.25, 0.3) is 0 Å². The maximum atomic E-state index is 12.6. The second-order valence-electron chi connectivity index (χ2n) is 6.56. The van der Waals surface area contributed by atoms with E-state index in [4.69, 9.17) is 0 Å². The predicted octanol–water partition coefficient (Wildman–Crippen LogP) is 3.79. The van der Waals surface area contributed by atoms with Crippen molar-refractivity contribution in [1.82, 2.24) is 0 Å². The highest BCUT2D eigenvalue weighted by molar-refractivity contribution is 7.90. The van der Waals surface area contributed by atoms with Crippen molar-refractivity contribution < 1.29 is 13.2 Å². The van der Waals surface area contributed by atoms with Gasteiger partial charge in [0.1, 0.15) is 10.7 Å². The number of carbonyl (C=O) groups is 1. The van der Waals surface area contributed by atoms with Crippen LogP contribution >= 0.6 is 0 Å². The summed E-state index contributed by atoms with van der Waals surface area (Å²) in [4.78, 5) is 14.0. The van der Waals surface area contributed by atoms with Gasteiger partial charge in [0.25, 0.3) is 10.0 Å². The van der Waals surface area contributed by atoms with E-state index in [9.17, 15) is 13.2 Å². The van der Waals surface area contributed by atoms with Crippen LogP contribution in [-0.2, 0) is 14.8 Å². The average molecular weight is 365 g/mol. The first-order chi connectivity index (χ1) is 11.8. The smallest absolute Gasteiger partial charge is 0.286 e. The van der Waals surface area contributed by atoms with Gasteiger partial charge in [-0.25, -0.2) is 0 Å². The molecule has 1 N–H and O–H groups in total. The largest absolute Gasteiger partial charge is 0.328 e. The first kappa shape index (κ1) is 19.4. The number of unbranched alkanes of at least 4 members (excludes halogenated alkanes) is 1. The van der Waals surface area contributed by atoms with Crippen LogP contribution in [0.15, 0.2) is 27.5 Å². The predicted molar refractivity (Wildman–Crippen MR) is 102 cm³/mol. The van der Waals surface area contributed by atoms with Crippen molar-refractivity contribution in [3.05, 3.63) is 18.2 Å². The second kappa shape index (κ2) is 7.99. The van der Waals surface area contributed by atoms with Crippen LogP contribution in [0.2, 0.25) is 0 Å². The molecule has 7 heteroatoms. The van der Waals surface area contributed by atoms with E-state index >= 15 is 0 Å². The van der Waals surface area contributed by atoms with E-state index < -0.39 is 10.0 Å². The number of benzene rings is 1. The molecule has 1 aliphatic rings. The number of anilines is 2. The average Bonchev–Trinajstić information content (AvgIpc) is 2.54. The highest BCUT2D eigenvalue weighted by Gasteiger charge is 2.30. The molecule has 6 nitrogen and oxygen atoms in total. The fourth-order valence-electron chi connectivity index (χ4n) is 2.65. The number of rotatable bonds is 7. The number of nitrogens with zero attached hydrogens (tertiary/aromatic N) is 2. The Bertz CT molecular complexity index is 770. The standard InChI is InChI=1S/C18H27N3O3S/c1-5-7-11-21-15-10-9-14(19-18(22)13(3)4)12-16(15)25(23,24)20-17(21)8-6-2/h9-10,12-13H,5-8,11H2,1-4H3,(H,19,22). The lowest BCUT2D eigenvalue weighted by Crippen LogP contribution is -2.36. The number of hydrogen-bond donors (Lipinski definition) is 1. The van der Waals surface area contributed by atoms with E-state index in [0.717, 1.165) is 25.8 Å². The molecule has 0 saturated heterocycles. The van der Waals surface area contributed by atoms with E-state index in [1.54, 1.807) is 26.0 Å². The molecule has 1 aromatic carbocycles. The van der Waals surface area contributed by atoms with Gasteiger partial charge in [0.15, 0.2) is 0 Å². The van der Waals surface area contributed by atoms with Gasteiger partial charge in [-0.1, -0.05) is 34.1 Å². The summed E-state index contributed by atoms with van der Waals surface area (Å²) in [5.41, 5.74) is 1.13. The molecule has 138 valence electrons. The summed E-state index contributed by atoms with van der Waals surface area (Å²) in [5, 5.41) is 2.75. The number of carbonyl (C=O) groups excluding carboxylic acids is 1. The Morgan fingerprint density at radius 1 is 1.24 bits per heavy atom. The van der Waals surface area contributed by atoms with Crippen LogP contribution in [0.1, 0.15) is 53.4 Å². The Balaban J connectivity index is 2.45. The normalized spacial score (nSPS) is 15.7. The molecule has 1 amide bonds. The van der Waals surface area contributed by atoms with Crippen LogP contribution in [0, 0.1) is 5.92 Å². The molecule has 0 aliphatic carbocycles. The van der Waals surface area contributed by atoms with Gasteiger partial charge in [-0.3, -0.25) is 4.79 Å². The molecule has 0 saturated carbocycles. The number of nitrogens with one attached hydrogen (secondary N) is 1. The fourth-order valence-corrected chi connectivity index (χ4v) is 3.94. The minimum absolute atomic E-state index is 0.147. The maximum absolute atomic E-state index is 12.6. The van der Waals surface area contributed by atoms with Crippen LogP contribution in [0.4, 0.5) is 11.4 Å². The van der Waals surface area contributed by atoms with E-state index in [1.807, 2.05) is 11.8 Å². The molecule has 0 radical (unpaired) electrons. The van der Waals surface area contributed by atoms with Gasteiger partial charge >= 0.3 is 0 Å². The van der Waals surface area contributed by atoms with Gasteiger partial charge in [-0.2, -0.15) is 8.42 Å². The van der Waals surface area contributed by atoms with E-state index in [1.165, 1.54) is 6.07 Å². The molecular formula is C18H27N3O3S. The summed E-state index contributed by atoms with van der Waals surface area (Å²) in [6.45, 7) is 8.42. The Morgan fingerprint density at radius 2 is 1.96 bits per heavy atom. The summed E-state index contributed by atoms with van der Waals surface area (Å²) in [5.74, 6) is 0.274. The highest BCUT2D eigenvalue weighted by atomic mass is 32.2. The summed E-state index contributed by atoms with van der Waals surface area (Å²) >= 11 is 0. The zero-order valence-electron chi connectivity index (χ0n) is 15.4. The molecule has 0 unspecified atom stereocenters. The van der Waals surface area contributed by atoms with Crippen LogP contribution in [-0.4, -0.2) is 26.7 Å². The first-order valence-electron chi connectivity index (χ1n) is 8.86. The van der Waals surface area contributed by atoms with Crippen molar-refractivity contribution in [2.24, 2.45) is 10.3 Å². The topological polar surface area (TPSA) is 78.8 Å². The van der Waals surface area contributed by atoms with Gasteiger partial charge in [0.2, 0.25) is 5.91 Å². The first-order valence-corrected chi connectivity index (χ1v) is 10.3. The van der Waals surface area contributed by atoms with Crippen molar-refractivity contribution in [3.8, 4) is 0 Å². The van der Waals surface area contributed by atoms with Crippen molar-refractivity contribution in [2.45, 2.75) is 58.3 Å². The maximum Gasteiger partial charge on any atom is 0.286 e. The molecule has 0 atom stereocenters. The van der Waals surface area contributed by atoms with E-state index in [2.05, 4.69) is 16.6 Å². The van der Waals surface area contributed by atoms with Crippen molar-refractivity contribution in [2.75, 3.05) is 16.8 Å². The van der Waals surface area contributed by atoms with Gasteiger partial charge in [-0.15, -0.1) is 4.40 Å². The summed E-state index contributed by atoms with van der Waals surface area (Å²) < 4.78 is 29.3. The molecule has 0 bridgehead atoms. The molecule has 0 spiro atoms. The van der Waals surface area contributed by atoms with Crippen molar-refractivity contribution in [1.29, 1.82) is 0 Å². The Morgan fingerprint density at radius 3 is 2.56 bits per heavy atom. The second-order valence-corrected chi connectivity index (χ2v) is 8.14.